The number of rotatable bonds is 4. The SMILES string of the molecule is Cc1nc(COc2cccc(C(=O)N3CCC4CCC(C3)N4)c2)cs1.Cl.Cl. The number of carbonyl (C=O) groups is 1. The molecule has 0 spiro atoms. The van der Waals surface area contributed by atoms with Gasteiger partial charge >= 0.3 is 0 Å². The molecule has 1 aromatic heterocycles. The van der Waals surface area contributed by atoms with Crippen LogP contribution in [0.4, 0.5) is 0 Å². The maximum atomic E-state index is 12.9. The Kier molecular flexibility index (Phi) is 7.91. The molecule has 3 heterocycles. The van der Waals surface area contributed by atoms with Gasteiger partial charge in [-0.05, 0) is 44.4 Å². The molecule has 2 aromatic rings. The number of ether oxygens (including phenoxy) is 1. The number of likely N-dealkylation sites (tertiary alicyclic amines) is 1. The van der Waals surface area contributed by atoms with Crippen LogP contribution in [0.2, 0.25) is 0 Å². The Morgan fingerprint density at radius 2 is 2.11 bits per heavy atom. The van der Waals surface area contributed by atoms with Crippen LogP contribution in [0.3, 0.4) is 0 Å². The van der Waals surface area contributed by atoms with Gasteiger partial charge in [-0.15, -0.1) is 36.2 Å². The third-order valence-electron chi connectivity index (χ3n) is 4.94. The Hall–Kier alpha value is -1.34. The van der Waals surface area contributed by atoms with Gasteiger partial charge in [-0.2, -0.15) is 0 Å². The molecule has 2 aliphatic rings. The maximum absolute atomic E-state index is 12.9. The quantitative estimate of drug-likeness (QED) is 0.801. The summed E-state index contributed by atoms with van der Waals surface area (Å²) in [7, 11) is 0. The summed E-state index contributed by atoms with van der Waals surface area (Å²) in [5, 5.41) is 6.65. The average Bonchev–Trinajstić information content (AvgIpc) is 3.18. The lowest BCUT2D eigenvalue weighted by Crippen LogP contribution is -2.39. The van der Waals surface area contributed by atoms with Gasteiger partial charge in [-0.3, -0.25) is 4.79 Å². The van der Waals surface area contributed by atoms with E-state index in [2.05, 4.69) is 10.3 Å². The fraction of sp³-hybridized carbons (Fsp3) is 0.474. The van der Waals surface area contributed by atoms with Gasteiger partial charge < -0.3 is 15.0 Å². The number of nitrogens with one attached hydrogen (secondary N) is 1. The highest BCUT2D eigenvalue weighted by Gasteiger charge is 2.31. The zero-order chi connectivity index (χ0) is 17.2. The molecule has 0 radical (unpaired) electrons. The molecule has 148 valence electrons. The summed E-state index contributed by atoms with van der Waals surface area (Å²) in [6.07, 6.45) is 3.46. The Labute approximate surface area is 176 Å². The van der Waals surface area contributed by atoms with Crippen LogP contribution in [-0.4, -0.2) is 41.0 Å². The first-order chi connectivity index (χ1) is 12.2. The molecule has 0 aliphatic carbocycles. The van der Waals surface area contributed by atoms with Crippen molar-refractivity contribution >= 4 is 42.1 Å². The standard InChI is InChI=1S/C19H23N3O2S.2ClH/c1-13-20-17(12-25-13)11-24-18-4-2-3-14(9-18)19(23)22-8-7-15-5-6-16(10-22)21-15;;/h2-4,9,12,15-16,21H,5-8,10-11H2,1H3;2*1H. The van der Waals surface area contributed by atoms with Crippen molar-refractivity contribution in [3.05, 3.63) is 45.9 Å². The molecule has 27 heavy (non-hydrogen) atoms. The smallest absolute Gasteiger partial charge is 0.254 e. The first-order valence-electron chi connectivity index (χ1n) is 8.86. The van der Waals surface area contributed by atoms with Gasteiger partial charge in [0.1, 0.15) is 12.4 Å². The molecule has 1 aromatic carbocycles. The minimum Gasteiger partial charge on any atom is -0.487 e. The van der Waals surface area contributed by atoms with E-state index >= 15 is 0 Å². The predicted octanol–water partition coefficient (Wildman–Crippen LogP) is 3.84. The van der Waals surface area contributed by atoms with E-state index in [1.807, 2.05) is 41.5 Å². The zero-order valence-corrected chi connectivity index (χ0v) is 17.7. The van der Waals surface area contributed by atoms with Gasteiger partial charge in [0, 0.05) is 36.1 Å². The second kappa shape index (κ2) is 9.73. The third kappa shape index (κ3) is 5.35. The summed E-state index contributed by atoms with van der Waals surface area (Å²) in [5.41, 5.74) is 1.62. The number of thiazole rings is 1. The number of nitrogens with zero attached hydrogens (tertiary/aromatic N) is 2. The van der Waals surface area contributed by atoms with E-state index in [4.69, 9.17) is 4.74 Å². The van der Waals surface area contributed by atoms with Gasteiger partial charge in [0.25, 0.3) is 5.91 Å². The molecule has 1 N–H and O–H groups in total. The zero-order valence-electron chi connectivity index (χ0n) is 15.2. The van der Waals surface area contributed by atoms with Crippen molar-refractivity contribution in [2.24, 2.45) is 0 Å². The van der Waals surface area contributed by atoms with Crippen LogP contribution in [-0.2, 0) is 6.61 Å². The number of hydrogen-bond acceptors (Lipinski definition) is 5. The molecule has 2 unspecified atom stereocenters. The van der Waals surface area contributed by atoms with Crippen LogP contribution in [0, 0.1) is 6.92 Å². The molecule has 0 saturated carbocycles. The van der Waals surface area contributed by atoms with E-state index in [0.29, 0.717) is 30.0 Å². The van der Waals surface area contributed by atoms with Crippen molar-refractivity contribution in [3.8, 4) is 5.75 Å². The number of halogens is 2. The van der Waals surface area contributed by atoms with Crippen molar-refractivity contribution in [1.29, 1.82) is 0 Å². The number of benzene rings is 1. The van der Waals surface area contributed by atoms with Crippen LogP contribution in [0.1, 0.15) is 40.3 Å². The van der Waals surface area contributed by atoms with Crippen LogP contribution in [0.5, 0.6) is 5.75 Å². The summed E-state index contributed by atoms with van der Waals surface area (Å²) in [6.45, 7) is 4.05. The number of aryl methyl sites for hydroxylation is 1. The fourth-order valence-corrected chi connectivity index (χ4v) is 4.26. The highest BCUT2D eigenvalue weighted by atomic mass is 35.5. The largest absolute Gasteiger partial charge is 0.487 e. The summed E-state index contributed by atoms with van der Waals surface area (Å²) >= 11 is 1.62. The molecule has 1 amide bonds. The van der Waals surface area contributed by atoms with Crippen LogP contribution in [0.15, 0.2) is 29.6 Å². The molecular weight excluding hydrogens is 405 g/mol. The van der Waals surface area contributed by atoms with Crippen molar-refractivity contribution in [1.82, 2.24) is 15.2 Å². The fourth-order valence-electron chi connectivity index (χ4n) is 3.66. The summed E-state index contributed by atoms with van der Waals surface area (Å²) < 4.78 is 5.82. The van der Waals surface area contributed by atoms with Crippen LogP contribution >= 0.6 is 36.2 Å². The molecule has 5 nitrogen and oxygen atoms in total. The Morgan fingerprint density at radius 1 is 1.30 bits per heavy atom. The van der Waals surface area contributed by atoms with Gasteiger partial charge in [0.05, 0.1) is 10.7 Å². The molecule has 2 fully saturated rings. The van der Waals surface area contributed by atoms with Gasteiger partial charge in [-0.25, -0.2) is 4.98 Å². The number of fused-ring (bicyclic) bond motifs is 2. The summed E-state index contributed by atoms with van der Waals surface area (Å²) in [5.74, 6) is 0.815. The molecule has 8 heteroatoms. The van der Waals surface area contributed by atoms with Crippen LogP contribution < -0.4 is 10.1 Å². The molecule has 2 saturated heterocycles. The predicted molar refractivity (Wildman–Crippen MR) is 113 cm³/mol. The minimum absolute atomic E-state index is 0. The monoisotopic (exact) mass is 429 g/mol. The lowest BCUT2D eigenvalue weighted by Gasteiger charge is -2.24. The van der Waals surface area contributed by atoms with Crippen molar-refractivity contribution in [2.75, 3.05) is 13.1 Å². The van der Waals surface area contributed by atoms with E-state index in [1.54, 1.807) is 11.3 Å². The second-order valence-corrected chi connectivity index (χ2v) is 7.91. The second-order valence-electron chi connectivity index (χ2n) is 6.85. The first-order valence-corrected chi connectivity index (χ1v) is 9.74. The highest BCUT2D eigenvalue weighted by molar-refractivity contribution is 7.09. The van der Waals surface area contributed by atoms with E-state index in [0.717, 1.165) is 30.2 Å². The molecule has 2 aliphatic heterocycles. The van der Waals surface area contributed by atoms with Gasteiger partial charge in [0.2, 0.25) is 0 Å². The first kappa shape index (κ1) is 22.0. The highest BCUT2D eigenvalue weighted by Crippen LogP contribution is 2.23. The van der Waals surface area contributed by atoms with Gasteiger partial charge in [0.15, 0.2) is 0 Å². The Balaban J connectivity index is 0.00000131. The number of hydrogen-bond donors (Lipinski definition) is 1. The van der Waals surface area contributed by atoms with Crippen molar-refractivity contribution in [2.45, 2.75) is 44.9 Å². The molecular formula is C19H25Cl2N3O2S. The number of aromatic nitrogens is 1. The lowest BCUT2D eigenvalue weighted by atomic mass is 10.1. The molecule has 4 rings (SSSR count). The normalized spacial score (nSPS) is 21.0. The minimum atomic E-state index is 0. The van der Waals surface area contributed by atoms with E-state index in [1.165, 1.54) is 12.8 Å². The van der Waals surface area contributed by atoms with E-state index in [-0.39, 0.29) is 30.7 Å². The topological polar surface area (TPSA) is 54.5 Å². The van der Waals surface area contributed by atoms with Crippen molar-refractivity contribution < 1.29 is 9.53 Å². The number of amides is 1. The van der Waals surface area contributed by atoms with Gasteiger partial charge in [-0.1, -0.05) is 6.07 Å². The summed E-state index contributed by atoms with van der Waals surface area (Å²) in [6, 6.07) is 8.53. The molecule has 2 atom stereocenters. The third-order valence-corrected chi connectivity index (χ3v) is 5.77. The average molecular weight is 430 g/mol. The lowest BCUT2D eigenvalue weighted by molar-refractivity contribution is 0.0747. The van der Waals surface area contributed by atoms with Crippen molar-refractivity contribution in [3.63, 3.8) is 0 Å². The van der Waals surface area contributed by atoms with E-state index in [9.17, 15) is 4.79 Å². The Bertz CT molecular complexity index is 771. The maximum Gasteiger partial charge on any atom is 0.254 e. The Morgan fingerprint density at radius 3 is 2.89 bits per heavy atom. The molecule has 2 bridgehead atoms. The summed E-state index contributed by atoms with van der Waals surface area (Å²) in [4.78, 5) is 19.3. The van der Waals surface area contributed by atoms with Crippen LogP contribution in [0.25, 0.3) is 0 Å². The van der Waals surface area contributed by atoms with E-state index < -0.39 is 0 Å². The number of carbonyl (C=O) groups excluding carboxylic acids is 1.